The Morgan fingerprint density at radius 3 is 2.50 bits per heavy atom. The maximum atomic E-state index is 11.8. The van der Waals surface area contributed by atoms with Crippen molar-refractivity contribution in [1.82, 2.24) is 0 Å². The van der Waals surface area contributed by atoms with Crippen LogP contribution in [-0.4, -0.2) is 21.5 Å². The first-order valence-electron chi connectivity index (χ1n) is 4.75. The lowest BCUT2D eigenvalue weighted by Crippen LogP contribution is -2.17. The van der Waals surface area contributed by atoms with Crippen molar-refractivity contribution < 1.29 is 13.7 Å². The molecule has 1 unspecified atom stereocenters. The third-order valence-electron chi connectivity index (χ3n) is 1.86. The van der Waals surface area contributed by atoms with E-state index in [1.165, 1.54) is 6.92 Å². The number of halogens is 1. The molecule has 0 saturated heterocycles. The highest BCUT2D eigenvalue weighted by Crippen LogP contribution is 2.11. The van der Waals surface area contributed by atoms with E-state index in [-0.39, 0.29) is 5.75 Å². The fraction of sp³-hybridized carbons (Fsp3) is 0.364. The molecule has 0 aliphatic heterocycles. The van der Waals surface area contributed by atoms with E-state index in [1.807, 2.05) is 19.1 Å². The van der Waals surface area contributed by atoms with E-state index in [9.17, 15) is 9.00 Å². The summed E-state index contributed by atoms with van der Waals surface area (Å²) in [7, 11) is -1.25. The maximum absolute atomic E-state index is 11.8. The average Bonchev–Trinajstić information content (AvgIpc) is 2.16. The molecule has 1 aromatic rings. The van der Waals surface area contributed by atoms with Crippen LogP contribution in [0.5, 0.6) is 0 Å². The highest BCUT2D eigenvalue weighted by Gasteiger charge is 2.13. The first kappa shape index (κ1) is 13.2. The van der Waals surface area contributed by atoms with Gasteiger partial charge in [0.25, 0.3) is 0 Å². The Bertz CT molecular complexity index is 389. The predicted octanol–water partition coefficient (Wildman–Crippen LogP) is 2.23. The fourth-order valence-electron chi connectivity index (χ4n) is 1.12. The summed E-state index contributed by atoms with van der Waals surface area (Å²) in [5, 5.41) is 0. The number of esters is 1. The van der Waals surface area contributed by atoms with E-state index in [1.54, 1.807) is 12.1 Å². The summed E-state index contributed by atoms with van der Waals surface area (Å²) >= 11 is 5.72. The Kier molecular flexibility index (Phi) is 4.96. The lowest BCUT2D eigenvalue weighted by atomic mass is 10.2. The van der Waals surface area contributed by atoms with Crippen LogP contribution >= 0.6 is 11.6 Å². The summed E-state index contributed by atoms with van der Waals surface area (Å²) in [5.41, 5.74) is 0.253. The lowest BCUT2D eigenvalue weighted by Gasteiger charge is -2.09. The molecule has 0 N–H and O–H groups in total. The fourth-order valence-corrected chi connectivity index (χ4v) is 2.53. The minimum Gasteiger partial charge on any atom is -0.445 e. The van der Waals surface area contributed by atoms with E-state index in [0.717, 1.165) is 5.56 Å². The largest absolute Gasteiger partial charge is 0.445 e. The Labute approximate surface area is 102 Å². The number of benzene rings is 1. The van der Waals surface area contributed by atoms with Gasteiger partial charge < -0.3 is 4.74 Å². The van der Waals surface area contributed by atoms with Crippen molar-refractivity contribution in [2.24, 2.45) is 0 Å². The number of aryl methyl sites for hydroxylation is 1. The van der Waals surface area contributed by atoms with E-state index in [0.29, 0.717) is 4.90 Å². The van der Waals surface area contributed by atoms with Crippen LogP contribution in [0.25, 0.3) is 0 Å². The van der Waals surface area contributed by atoms with Gasteiger partial charge in [0, 0.05) is 11.8 Å². The molecular formula is C11H13ClO3S. The molecule has 88 valence electrons. The number of carbonyl (C=O) groups is 1. The van der Waals surface area contributed by atoms with Crippen LogP contribution < -0.4 is 0 Å². The molecule has 16 heavy (non-hydrogen) atoms. The zero-order chi connectivity index (χ0) is 12.1. The number of ether oxygens (including phenoxy) is 1. The molecule has 2 atom stereocenters. The number of alkyl halides is 1. The van der Waals surface area contributed by atoms with Crippen molar-refractivity contribution in [3.05, 3.63) is 29.8 Å². The van der Waals surface area contributed by atoms with Crippen molar-refractivity contribution in [2.75, 3.05) is 5.75 Å². The third kappa shape index (κ3) is 4.33. The van der Waals surface area contributed by atoms with Crippen molar-refractivity contribution in [3.63, 3.8) is 0 Å². The van der Waals surface area contributed by atoms with Crippen LogP contribution in [-0.2, 0) is 20.3 Å². The molecular weight excluding hydrogens is 248 g/mol. The van der Waals surface area contributed by atoms with Gasteiger partial charge in [0.15, 0.2) is 5.56 Å². The zero-order valence-electron chi connectivity index (χ0n) is 9.10. The second-order valence-corrected chi connectivity index (χ2v) is 5.33. The summed E-state index contributed by atoms with van der Waals surface area (Å²) in [4.78, 5) is 11.3. The van der Waals surface area contributed by atoms with Crippen molar-refractivity contribution in [2.45, 2.75) is 24.3 Å². The summed E-state index contributed by atoms with van der Waals surface area (Å²) < 4.78 is 16.5. The molecule has 0 heterocycles. The highest BCUT2D eigenvalue weighted by molar-refractivity contribution is 7.85. The second-order valence-electron chi connectivity index (χ2n) is 3.34. The summed E-state index contributed by atoms with van der Waals surface area (Å²) in [6.45, 7) is 3.22. The maximum Gasteiger partial charge on any atom is 0.304 e. The molecule has 0 bridgehead atoms. The Balaban J connectivity index is 2.58. The second kappa shape index (κ2) is 6.01. The van der Waals surface area contributed by atoms with Gasteiger partial charge in [-0.3, -0.25) is 9.00 Å². The molecule has 1 rings (SSSR count). The monoisotopic (exact) mass is 260 g/mol. The van der Waals surface area contributed by atoms with E-state index in [4.69, 9.17) is 16.3 Å². The average molecular weight is 261 g/mol. The molecule has 0 aliphatic carbocycles. The van der Waals surface area contributed by atoms with Crippen molar-refractivity contribution in [1.29, 1.82) is 0 Å². The number of hydrogen-bond acceptors (Lipinski definition) is 3. The first-order valence-corrected chi connectivity index (χ1v) is 6.51. The van der Waals surface area contributed by atoms with Gasteiger partial charge in [0.05, 0.1) is 16.6 Å². The number of carbonyl (C=O) groups excluding carboxylic acids is 1. The molecule has 0 spiro atoms. The van der Waals surface area contributed by atoms with Crippen molar-refractivity contribution >= 4 is 28.4 Å². The van der Waals surface area contributed by atoms with Crippen LogP contribution in [0.4, 0.5) is 0 Å². The van der Waals surface area contributed by atoms with Gasteiger partial charge in [-0.15, -0.1) is 0 Å². The minimum atomic E-state index is -1.25. The molecule has 1 aromatic carbocycles. The Morgan fingerprint density at radius 1 is 1.44 bits per heavy atom. The van der Waals surface area contributed by atoms with Crippen LogP contribution in [0, 0.1) is 6.92 Å². The Morgan fingerprint density at radius 2 is 2.00 bits per heavy atom. The molecule has 0 amide bonds. The summed E-state index contributed by atoms with van der Waals surface area (Å²) in [6, 6.07) is 7.32. The molecule has 3 nitrogen and oxygen atoms in total. The summed E-state index contributed by atoms with van der Waals surface area (Å²) in [5.74, 6) is -0.370. The molecule has 0 aromatic heterocycles. The van der Waals surface area contributed by atoms with E-state index < -0.39 is 22.3 Å². The lowest BCUT2D eigenvalue weighted by molar-refractivity contribution is -0.141. The van der Waals surface area contributed by atoms with Gasteiger partial charge in [-0.05, 0) is 19.1 Å². The third-order valence-corrected chi connectivity index (χ3v) is 3.69. The topological polar surface area (TPSA) is 43.4 Å². The van der Waals surface area contributed by atoms with Gasteiger partial charge in [-0.1, -0.05) is 29.3 Å². The van der Waals surface area contributed by atoms with E-state index >= 15 is 0 Å². The molecule has 0 saturated carbocycles. The SMILES string of the molecule is CC(=O)O[C@H](Cl)CS(=O)c1ccc(C)cc1. The molecule has 0 fully saturated rings. The normalized spacial score (nSPS) is 14.2. The number of rotatable bonds is 4. The van der Waals surface area contributed by atoms with Gasteiger partial charge in [-0.2, -0.15) is 0 Å². The molecule has 0 aliphatic rings. The standard InChI is InChI=1S/C11H13ClO3S/c1-8-3-5-10(6-4-8)16(14)7-11(12)15-9(2)13/h3-6,11H,7H2,1-2H3/t11-,16?/m0/s1. The quantitative estimate of drug-likeness (QED) is 0.616. The smallest absolute Gasteiger partial charge is 0.304 e. The van der Waals surface area contributed by atoms with Crippen LogP contribution in [0.3, 0.4) is 0 Å². The van der Waals surface area contributed by atoms with Crippen LogP contribution in [0.2, 0.25) is 0 Å². The van der Waals surface area contributed by atoms with Gasteiger partial charge >= 0.3 is 5.97 Å². The summed E-state index contributed by atoms with van der Waals surface area (Å²) in [6.07, 6.45) is 0. The van der Waals surface area contributed by atoms with Crippen molar-refractivity contribution in [3.8, 4) is 0 Å². The number of hydrogen-bond donors (Lipinski definition) is 0. The first-order chi connectivity index (χ1) is 7.49. The Hall–Kier alpha value is -0.870. The highest BCUT2D eigenvalue weighted by atomic mass is 35.5. The zero-order valence-corrected chi connectivity index (χ0v) is 10.7. The predicted molar refractivity (Wildman–Crippen MR) is 63.9 cm³/mol. The molecule has 0 radical (unpaired) electrons. The molecule has 5 heteroatoms. The van der Waals surface area contributed by atoms with E-state index in [2.05, 4.69) is 0 Å². The van der Waals surface area contributed by atoms with Gasteiger partial charge in [0.2, 0.25) is 0 Å². The van der Waals surface area contributed by atoms with Gasteiger partial charge in [-0.25, -0.2) is 0 Å². The van der Waals surface area contributed by atoms with Crippen LogP contribution in [0.15, 0.2) is 29.2 Å². The minimum absolute atomic E-state index is 0.101. The van der Waals surface area contributed by atoms with Crippen LogP contribution in [0.1, 0.15) is 12.5 Å². The van der Waals surface area contributed by atoms with Gasteiger partial charge in [0.1, 0.15) is 0 Å².